The van der Waals surface area contributed by atoms with Crippen molar-refractivity contribution >= 4 is 6.29 Å². The summed E-state index contributed by atoms with van der Waals surface area (Å²) in [5, 5.41) is 8.60. The topological polar surface area (TPSA) is 37.3 Å². The molecule has 75 valence electrons. The Bertz CT molecular complexity index is 152. The van der Waals surface area contributed by atoms with Crippen LogP contribution < -0.4 is 0 Å². The summed E-state index contributed by atoms with van der Waals surface area (Å²) in [6, 6.07) is 0. The number of hydrogen-bond acceptors (Lipinski definition) is 2. The van der Waals surface area contributed by atoms with Crippen LogP contribution in [0.25, 0.3) is 0 Å². The molecular weight excluding hydrogens is 164 g/mol. The van der Waals surface area contributed by atoms with Gasteiger partial charge in [-0.2, -0.15) is 0 Å². The molecule has 0 amide bonds. The van der Waals surface area contributed by atoms with Crippen molar-refractivity contribution in [2.45, 2.75) is 39.0 Å². The van der Waals surface area contributed by atoms with Crippen LogP contribution in [0.4, 0.5) is 0 Å². The van der Waals surface area contributed by atoms with E-state index in [1.807, 2.05) is 0 Å². The number of hydrogen-bond donors (Lipinski definition) is 1. The molecule has 0 aromatic carbocycles. The van der Waals surface area contributed by atoms with Crippen LogP contribution in [0.1, 0.15) is 39.0 Å². The van der Waals surface area contributed by atoms with E-state index < -0.39 is 0 Å². The molecule has 0 spiro atoms. The lowest BCUT2D eigenvalue weighted by Gasteiger charge is -2.09. The molecular formula is C11H19O2. The fourth-order valence-corrected chi connectivity index (χ4v) is 1.30. The highest BCUT2D eigenvalue weighted by Gasteiger charge is 2.02. The predicted octanol–water partition coefficient (Wildman–Crippen LogP) is 2.23. The zero-order chi connectivity index (χ0) is 10.1. The summed E-state index contributed by atoms with van der Waals surface area (Å²) in [7, 11) is 0. The first-order chi connectivity index (χ1) is 6.20. The summed E-state index contributed by atoms with van der Waals surface area (Å²) in [6.07, 6.45) is 6.59. The maximum Gasteiger partial charge on any atom is 0.228 e. The van der Waals surface area contributed by atoms with Gasteiger partial charge in [0.1, 0.15) is 0 Å². The normalized spacial score (nSPS) is 12.5. The summed E-state index contributed by atoms with van der Waals surface area (Å²) in [5.41, 5.74) is 0.564. The molecule has 0 aromatic rings. The lowest BCUT2D eigenvalue weighted by Crippen LogP contribution is -1.97. The fourth-order valence-electron chi connectivity index (χ4n) is 1.30. The summed E-state index contributed by atoms with van der Waals surface area (Å²) >= 11 is 0. The summed E-state index contributed by atoms with van der Waals surface area (Å²) in [5.74, 6) is 0.631. The SMILES string of the molecule is C=C([C]=O)CCCC(C)CCCO. The molecule has 1 unspecified atom stereocenters. The Morgan fingerprint density at radius 2 is 2.08 bits per heavy atom. The monoisotopic (exact) mass is 183 g/mol. The van der Waals surface area contributed by atoms with Crippen molar-refractivity contribution in [2.75, 3.05) is 6.61 Å². The van der Waals surface area contributed by atoms with Gasteiger partial charge in [0.15, 0.2) is 0 Å². The third kappa shape index (κ3) is 7.72. The number of allylic oxidation sites excluding steroid dienone is 1. The molecule has 13 heavy (non-hydrogen) atoms. The molecule has 0 rings (SSSR count). The van der Waals surface area contributed by atoms with Crippen molar-refractivity contribution in [3.05, 3.63) is 12.2 Å². The van der Waals surface area contributed by atoms with Gasteiger partial charge in [-0.25, -0.2) is 0 Å². The summed E-state index contributed by atoms with van der Waals surface area (Å²) < 4.78 is 0. The van der Waals surface area contributed by atoms with Crippen LogP contribution >= 0.6 is 0 Å². The molecule has 0 fully saturated rings. The molecule has 2 nitrogen and oxygen atoms in total. The molecule has 2 heteroatoms. The zero-order valence-corrected chi connectivity index (χ0v) is 8.38. The van der Waals surface area contributed by atoms with Crippen LogP contribution in [0.2, 0.25) is 0 Å². The Kier molecular flexibility index (Phi) is 7.60. The highest BCUT2D eigenvalue weighted by Crippen LogP contribution is 2.15. The number of aliphatic hydroxyl groups excluding tert-OH is 1. The average Bonchev–Trinajstić information content (AvgIpc) is 2.14. The van der Waals surface area contributed by atoms with E-state index in [4.69, 9.17) is 5.11 Å². The van der Waals surface area contributed by atoms with Gasteiger partial charge in [0.25, 0.3) is 0 Å². The number of carbonyl (C=O) groups excluding carboxylic acids is 1. The molecule has 0 aliphatic carbocycles. The Hall–Kier alpha value is -0.630. The third-order valence-electron chi connectivity index (χ3n) is 2.17. The minimum atomic E-state index is 0.277. The van der Waals surface area contributed by atoms with E-state index >= 15 is 0 Å². The first-order valence-corrected chi connectivity index (χ1v) is 4.87. The van der Waals surface area contributed by atoms with Crippen LogP contribution in [-0.2, 0) is 4.79 Å². The second-order valence-electron chi connectivity index (χ2n) is 3.57. The smallest absolute Gasteiger partial charge is 0.228 e. The van der Waals surface area contributed by atoms with Gasteiger partial charge in [0.05, 0.1) is 0 Å². The van der Waals surface area contributed by atoms with E-state index in [1.165, 1.54) is 0 Å². The maximum absolute atomic E-state index is 10.1. The molecule has 0 saturated carbocycles. The zero-order valence-electron chi connectivity index (χ0n) is 8.38. The van der Waals surface area contributed by atoms with Gasteiger partial charge >= 0.3 is 0 Å². The minimum absolute atomic E-state index is 0.277. The van der Waals surface area contributed by atoms with E-state index in [0.29, 0.717) is 11.5 Å². The van der Waals surface area contributed by atoms with Gasteiger partial charge in [0.2, 0.25) is 6.29 Å². The molecule has 1 radical (unpaired) electrons. The van der Waals surface area contributed by atoms with Crippen LogP contribution in [0.15, 0.2) is 12.2 Å². The lowest BCUT2D eigenvalue weighted by molar-refractivity contribution is 0.271. The van der Waals surface area contributed by atoms with Crippen LogP contribution in [0.5, 0.6) is 0 Å². The number of rotatable bonds is 8. The first-order valence-electron chi connectivity index (χ1n) is 4.87. The highest BCUT2D eigenvalue weighted by molar-refractivity contribution is 5.72. The van der Waals surface area contributed by atoms with Crippen LogP contribution in [0, 0.1) is 5.92 Å². The van der Waals surface area contributed by atoms with E-state index in [-0.39, 0.29) is 6.61 Å². The molecule has 1 atom stereocenters. The maximum atomic E-state index is 10.1. The second-order valence-corrected chi connectivity index (χ2v) is 3.57. The van der Waals surface area contributed by atoms with Crippen molar-refractivity contribution < 1.29 is 9.90 Å². The highest BCUT2D eigenvalue weighted by atomic mass is 16.2. The summed E-state index contributed by atoms with van der Waals surface area (Å²) in [4.78, 5) is 10.1. The molecule has 0 aromatic heterocycles. The minimum Gasteiger partial charge on any atom is -0.396 e. The van der Waals surface area contributed by atoms with Crippen LogP contribution in [-0.4, -0.2) is 18.0 Å². The van der Waals surface area contributed by atoms with Gasteiger partial charge in [0, 0.05) is 6.61 Å². The van der Waals surface area contributed by atoms with Gasteiger partial charge < -0.3 is 5.11 Å². The lowest BCUT2D eigenvalue weighted by atomic mass is 9.98. The molecule has 0 aliphatic heterocycles. The summed E-state index contributed by atoms with van der Waals surface area (Å²) in [6.45, 7) is 6.02. The van der Waals surface area contributed by atoms with E-state index in [2.05, 4.69) is 13.5 Å². The Labute approximate surface area is 80.7 Å². The average molecular weight is 183 g/mol. The van der Waals surface area contributed by atoms with Gasteiger partial charge in [-0.1, -0.05) is 19.9 Å². The van der Waals surface area contributed by atoms with Crippen molar-refractivity contribution in [1.29, 1.82) is 0 Å². The molecule has 0 aliphatic rings. The molecule has 0 saturated heterocycles. The third-order valence-corrected chi connectivity index (χ3v) is 2.17. The molecule has 0 bridgehead atoms. The van der Waals surface area contributed by atoms with Crippen molar-refractivity contribution in [2.24, 2.45) is 5.92 Å². The Balaban J connectivity index is 3.30. The standard InChI is InChI=1S/C11H19O2/c1-10(7-4-8-12)5-3-6-11(2)9-13/h10,12H,2-8H2,1H3. The first kappa shape index (κ1) is 12.4. The Morgan fingerprint density at radius 3 is 2.62 bits per heavy atom. The number of aliphatic hydroxyl groups is 1. The van der Waals surface area contributed by atoms with Gasteiger partial charge in [-0.05, 0) is 37.2 Å². The van der Waals surface area contributed by atoms with E-state index in [9.17, 15) is 4.79 Å². The van der Waals surface area contributed by atoms with Crippen molar-refractivity contribution in [3.8, 4) is 0 Å². The molecule has 1 N–H and O–H groups in total. The van der Waals surface area contributed by atoms with Crippen LogP contribution in [0.3, 0.4) is 0 Å². The fraction of sp³-hybridized carbons (Fsp3) is 0.727. The van der Waals surface area contributed by atoms with Crippen molar-refractivity contribution in [1.82, 2.24) is 0 Å². The molecule has 0 heterocycles. The largest absolute Gasteiger partial charge is 0.396 e. The van der Waals surface area contributed by atoms with Gasteiger partial charge in [-0.15, -0.1) is 0 Å². The second kappa shape index (κ2) is 7.99. The Morgan fingerprint density at radius 1 is 1.46 bits per heavy atom. The van der Waals surface area contributed by atoms with E-state index in [0.717, 1.165) is 32.1 Å². The van der Waals surface area contributed by atoms with E-state index in [1.54, 1.807) is 6.29 Å². The predicted molar refractivity (Wildman–Crippen MR) is 54.2 cm³/mol. The quantitative estimate of drug-likeness (QED) is 0.586. The van der Waals surface area contributed by atoms with Gasteiger partial charge in [-0.3, -0.25) is 4.79 Å². The van der Waals surface area contributed by atoms with Crippen molar-refractivity contribution in [3.63, 3.8) is 0 Å².